The van der Waals surface area contributed by atoms with Crippen LogP contribution < -0.4 is 5.32 Å². The molecule has 1 N–H and O–H groups in total. The summed E-state index contributed by atoms with van der Waals surface area (Å²) in [6, 6.07) is 5.93. The molecule has 0 saturated carbocycles. The Bertz CT molecular complexity index is 707. The molecule has 0 radical (unpaired) electrons. The van der Waals surface area contributed by atoms with Gasteiger partial charge in [-0.15, -0.1) is 0 Å². The van der Waals surface area contributed by atoms with Crippen molar-refractivity contribution in [3.8, 4) is 0 Å². The lowest BCUT2D eigenvalue weighted by molar-refractivity contribution is -0.114. The minimum absolute atomic E-state index is 0.119. The summed E-state index contributed by atoms with van der Waals surface area (Å²) < 4.78 is 26.7. The third-order valence-electron chi connectivity index (χ3n) is 3.70. The van der Waals surface area contributed by atoms with Gasteiger partial charge in [0, 0.05) is 52.9 Å². The summed E-state index contributed by atoms with van der Waals surface area (Å²) >= 11 is 0. The summed E-state index contributed by atoms with van der Waals surface area (Å²) in [5, 5.41) is 2.60. The van der Waals surface area contributed by atoms with Crippen LogP contribution >= 0.6 is 0 Å². The van der Waals surface area contributed by atoms with Crippen LogP contribution in [0.1, 0.15) is 6.92 Å². The zero-order chi connectivity index (χ0) is 17.9. The van der Waals surface area contributed by atoms with Crippen molar-refractivity contribution in [3.05, 3.63) is 24.3 Å². The molecule has 1 aliphatic heterocycles. The van der Waals surface area contributed by atoms with Crippen LogP contribution in [0.5, 0.6) is 0 Å². The van der Waals surface area contributed by atoms with Crippen LogP contribution in [0.4, 0.5) is 10.5 Å². The highest BCUT2D eigenvalue weighted by Crippen LogP contribution is 2.20. The maximum atomic E-state index is 12.7. The number of amides is 3. The van der Waals surface area contributed by atoms with Crippen LogP contribution in [-0.4, -0.2) is 74.7 Å². The van der Waals surface area contributed by atoms with E-state index in [1.807, 2.05) is 0 Å². The summed E-state index contributed by atoms with van der Waals surface area (Å²) in [6.45, 7) is 2.63. The zero-order valence-electron chi connectivity index (χ0n) is 14.0. The number of carbonyl (C=O) groups excluding carboxylic acids is 2. The first kappa shape index (κ1) is 18.2. The van der Waals surface area contributed by atoms with Crippen LogP contribution in [-0.2, 0) is 14.8 Å². The molecule has 1 aliphatic rings. The fourth-order valence-electron chi connectivity index (χ4n) is 2.47. The molecule has 0 atom stereocenters. The van der Waals surface area contributed by atoms with Crippen LogP contribution in [0.15, 0.2) is 29.2 Å². The molecule has 1 aromatic rings. The van der Waals surface area contributed by atoms with Crippen molar-refractivity contribution in [2.45, 2.75) is 11.8 Å². The van der Waals surface area contributed by atoms with Gasteiger partial charge >= 0.3 is 6.03 Å². The zero-order valence-corrected chi connectivity index (χ0v) is 14.8. The summed E-state index contributed by atoms with van der Waals surface area (Å²) in [7, 11) is -0.270. The topological polar surface area (TPSA) is 90.0 Å². The second-order valence-electron chi connectivity index (χ2n) is 5.77. The fraction of sp³-hybridized carbons (Fsp3) is 0.467. The van der Waals surface area contributed by atoms with E-state index >= 15 is 0 Å². The van der Waals surface area contributed by atoms with Gasteiger partial charge in [0.05, 0.1) is 4.90 Å². The van der Waals surface area contributed by atoms with Gasteiger partial charge in [-0.05, 0) is 24.3 Å². The Labute approximate surface area is 142 Å². The van der Waals surface area contributed by atoms with Crippen molar-refractivity contribution in [1.29, 1.82) is 0 Å². The molecule has 1 fully saturated rings. The molecule has 2 rings (SSSR count). The van der Waals surface area contributed by atoms with Gasteiger partial charge in [-0.25, -0.2) is 13.2 Å². The predicted molar refractivity (Wildman–Crippen MR) is 90.2 cm³/mol. The van der Waals surface area contributed by atoms with Gasteiger partial charge in [-0.1, -0.05) is 0 Å². The molecule has 0 spiro atoms. The first-order valence-corrected chi connectivity index (χ1v) is 9.00. The molecule has 1 aromatic carbocycles. The van der Waals surface area contributed by atoms with E-state index in [-0.39, 0.29) is 29.9 Å². The van der Waals surface area contributed by atoms with Crippen molar-refractivity contribution in [1.82, 2.24) is 14.1 Å². The summed E-state index contributed by atoms with van der Waals surface area (Å²) in [6.07, 6.45) is 0. The molecule has 0 unspecified atom stereocenters. The minimum Gasteiger partial charge on any atom is -0.331 e. The molecule has 1 saturated heterocycles. The number of benzene rings is 1. The Morgan fingerprint density at radius 2 is 1.58 bits per heavy atom. The van der Waals surface area contributed by atoms with E-state index in [1.165, 1.54) is 28.3 Å². The summed E-state index contributed by atoms with van der Waals surface area (Å²) in [4.78, 5) is 26.2. The first-order valence-electron chi connectivity index (χ1n) is 7.56. The number of sulfonamides is 1. The van der Waals surface area contributed by atoms with Gasteiger partial charge in [-0.2, -0.15) is 4.31 Å². The number of urea groups is 1. The van der Waals surface area contributed by atoms with Crippen molar-refractivity contribution < 1.29 is 18.0 Å². The molecule has 0 bridgehead atoms. The Morgan fingerprint density at radius 3 is 2.04 bits per heavy atom. The molecule has 8 nitrogen and oxygen atoms in total. The van der Waals surface area contributed by atoms with E-state index in [0.29, 0.717) is 18.8 Å². The molecule has 132 valence electrons. The highest BCUT2D eigenvalue weighted by molar-refractivity contribution is 7.89. The van der Waals surface area contributed by atoms with E-state index in [1.54, 1.807) is 31.1 Å². The maximum absolute atomic E-state index is 12.7. The Morgan fingerprint density at radius 1 is 1.04 bits per heavy atom. The van der Waals surface area contributed by atoms with Crippen molar-refractivity contribution in [2.75, 3.05) is 45.6 Å². The lowest BCUT2D eigenvalue weighted by Crippen LogP contribution is -2.52. The van der Waals surface area contributed by atoms with Crippen LogP contribution in [0.25, 0.3) is 0 Å². The number of nitrogens with zero attached hydrogens (tertiary/aromatic N) is 3. The Balaban J connectivity index is 2.06. The van der Waals surface area contributed by atoms with E-state index in [2.05, 4.69) is 5.32 Å². The third-order valence-corrected chi connectivity index (χ3v) is 5.62. The van der Waals surface area contributed by atoms with Crippen LogP contribution in [0.2, 0.25) is 0 Å². The SMILES string of the molecule is CC(=O)Nc1ccc(S(=O)(=O)N2CCN(C(=O)N(C)C)CC2)cc1. The number of piperazine rings is 1. The van der Waals surface area contributed by atoms with Gasteiger partial charge in [0.2, 0.25) is 15.9 Å². The average Bonchev–Trinajstić information content (AvgIpc) is 2.54. The van der Waals surface area contributed by atoms with Gasteiger partial charge in [0.15, 0.2) is 0 Å². The number of hydrogen-bond acceptors (Lipinski definition) is 4. The Hall–Kier alpha value is -2.13. The lowest BCUT2D eigenvalue weighted by Gasteiger charge is -2.35. The molecular weight excluding hydrogens is 332 g/mol. The lowest BCUT2D eigenvalue weighted by atomic mass is 10.3. The highest BCUT2D eigenvalue weighted by Gasteiger charge is 2.30. The number of nitrogens with one attached hydrogen (secondary N) is 1. The van der Waals surface area contributed by atoms with Gasteiger partial charge in [0.25, 0.3) is 0 Å². The standard InChI is InChI=1S/C15H22N4O4S/c1-12(20)16-13-4-6-14(7-5-13)24(22,23)19-10-8-18(9-11-19)15(21)17(2)3/h4-7H,8-11H2,1-3H3,(H,16,20). The van der Waals surface area contributed by atoms with Crippen molar-refractivity contribution in [2.24, 2.45) is 0 Å². The predicted octanol–water partition coefficient (Wildman–Crippen LogP) is 0.633. The van der Waals surface area contributed by atoms with E-state index < -0.39 is 10.0 Å². The number of rotatable bonds is 3. The first-order chi connectivity index (χ1) is 11.2. The maximum Gasteiger partial charge on any atom is 0.319 e. The molecule has 9 heteroatoms. The molecule has 24 heavy (non-hydrogen) atoms. The van der Waals surface area contributed by atoms with E-state index in [9.17, 15) is 18.0 Å². The van der Waals surface area contributed by atoms with Crippen molar-refractivity contribution >= 4 is 27.6 Å². The Kier molecular flexibility index (Phi) is 5.45. The average molecular weight is 354 g/mol. The molecule has 0 aliphatic carbocycles. The number of anilines is 1. The monoisotopic (exact) mass is 354 g/mol. The van der Waals surface area contributed by atoms with Gasteiger partial charge in [-0.3, -0.25) is 4.79 Å². The summed E-state index contributed by atoms with van der Waals surface area (Å²) in [5.41, 5.74) is 0.544. The molecular formula is C15H22N4O4S. The van der Waals surface area contributed by atoms with Crippen molar-refractivity contribution in [3.63, 3.8) is 0 Å². The van der Waals surface area contributed by atoms with E-state index in [0.717, 1.165) is 0 Å². The smallest absolute Gasteiger partial charge is 0.319 e. The fourth-order valence-corrected chi connectivity index (χ4v) is 3.89. The van der Waals surface area contributed by atoms with E-state index in [4.69, 9.17) is 0 Å². The minimum atomic E-state index is -3.61. The van der Waals surface area contributed by atoms with Gasteiger partial charge < -0.3 is 15.1 Å². The largest absolute Gasteiger partial charge is 0.331 e. The molecule has 1 heterocycles. The number of carbonyl (C=O) groups is 2. The van der Waals surface area contributed by atoms with Crippen LogP contribution in [0.3, 0.4) is 0 Å². The quantitative estimate of drug-likeness (QED) is 0.862. The van der Waals surface area contributed by atoms with Gasteiger partial charge in [0.1, 0.15) is 0 Å². The second-order valence-corrected chi connectivity index (χ2v) is 7.71. The normalized spacial score (nSPS) is 15.9. The summed E-state index contributed by atoms with van der Waals surface area (Å²) in [5.74, 6) is -0.215. The molecule has 0 aromatic heterocycles. The highest BCUT2D eigenvalue weighted by atomic mass is 32.2. The third kappa shape index (κ3) is 4.04. The second kappa shape index (κ2) is 7.18. The molecule has 3 amide bonds. The van der Waals surface area contributed by atoms with Crippen LogP contribution in [0, 0.1) is 0 Å². The number of hydrogen-bond donors (Lipinski definition) is 1.